The lowest BCUT2D eigenvalue weighted by molar-refractivity contribution is -0.241. The molecule has 0 N–H and O–H groups in total. The maximum absolute atomic E-state index is 6.95. The van der Waals surface area contributed by atoms with Gasteiger partial charge in [-0.25, -0.2) is 0 Å². The van der Waals surface area contributed by atoms with E-state index in [9.17, 15) is 0 Å². The Balaban J connectivity index is 1.07. The number of ether oxygens (including phenoxy) is 3. The van der Waals surface area contributed by atoms with E-state index in [2.05, 4.69) is 38.1 Å². The smallest absolute Gasteiger partial charge is 0.223 e. The first kappa shape index (κ1) is 23.1. The second kappa shape index (κ2) is 9.05. The van der Waals surface area contributed by atoms with Crippen LogP contribution in [0.15, 0.2) is 24.3 Å². The van der Waals surface area contributed by atoms with Crippen LogP contribution in [-0.2, 0) is 9.47 Å². The molecule has 192 valence electrons. The molecule has 8 fully saturated rings. The summed E-state index contributed by atoms with van der Waals surface area (Å²) in [5.74, 6) is 7.64. The monoisotopic (exact) mass is 478 g/mol. The third-order valence-electron chi connectivity index (χ3n) is 11.3. The molecule has 1 aromatic rings. The fraction of sp³-hybridized carbons (Fsp3) is 0.812. The molecule has 0 aromatic heterocycles. The molecular weight excluding hydrogens is 432 g/mol. The molecule has 35 heavy (non-hydrogen) atoms. The highest BCUT2D eigenvalue weighted by atomic mass is 16.7. The zero-order chi connectivity index (χ0) is 23.6. The molecule has 0 spiro atoms. The second-order valence-corrected chi connectivity index (χ2v) is 13.9. The topological polar surface area (TPSA) is 27.7 Å². The molecular formula is C32H46O3. The van der Waals surface area contributed by atoms with Gasteiger partial charge in [-0.15, -0.1) is 0 Å². The SMILES string of the molecule is CCC(C)c1ccc(OC(COC23CC4CC(CC(C4)C2)C3)OC2C3CC4CC(C3)CC2C4)cc1. The highest BCUT2D eigenvalue weighted by Gasteiger charge is 2.53. The van der Waals surface area contributed by atoms with Crippen molar-refractivity contribution in [1.82, 2.24) is 0 Å². The summed E-state index contributed by atoms with van der Waals surface area (Å²) in [7, 11) is 0. The average Bonchev–Trinajstić information content (AvgIpc) is 2.83. The third kappa shape index (κ3) is 4.48. The van der Waals surface area contributed by atoms with Gasteiger partial charge in [0.05, 0.1) is 11.7 Å². The van der Waals surface area contributed by atoms with Gasteiger partial charge in [0.25, 0.3) is 0 Å². The molecule has 8 aliphatic carbocycles. The highest BCUT2D eigenvalue weighted by Crippen LogP contribution is 2.58. The molecule has 9 rings (SSSR count). The molecule has 8 aliphatic rings. The summed E-state index contributed by atoms with van der Waals surface area (Å²) in [5, 5.41) is 0. The molecule has 8 bridgehead atoms. The van der Waals surface area contributed by atoms with Crippen LogP contribution in [0, 0.1) is 41.4 Å². The van der Waals surface area contributed by atoms with Gasteiger partial charge in [0.2, 0.25) is 6.29 Å². The van der Waals surface area contributed by atoms with Gasteiger partial charge in [-0.05, 0) is 142 Å². The largest absolute Gasteiger partial charge is 0.462 e. The number of benzene rings is 1. The fourth-order valence-electron chi connectivity index (χ4n) is 10.1. The van der Waals surface area contributed by atoms with Crippen molar-refractivity contribution >= 4 is 0 Å². The maximum Gasteiger partial charge on any atom is 0.223 e. The summed E-state index contributed by atoms with van der Waals surface area (Å²) in [6, 6.07) is 8.78. The Hall–Kier alpha value is -1.06. The van der Waals surface area contributed by atoms with E-state index >= 15 is 0 Å². The molecule has 1 aromatic carbocycles. The zero-order valence-corrected chi connectivity index (χ0v) is 22.0. The van der Waals surface area contributed by atoms with Crippen LogP contribution in [0.5, 0.6) is 5.75 Å². The van der Waals surface area contributed by atoms with E-state index in [-0.39, 0.29) is 11.9 Å². The average molecular weight is 479 g/mol. The molecule has 0 aliphatic heterocycles. The van der Waals surface area contributed by atoms with Crippen LogP contribution in [0.1, 0.15) is 102 Å². The van der Waals surface area contributed by atoms with Gasteiger partial charge in [0, 0.05) is 0 Å². The molecule has 2 unspecified atom stereocenters. The lowest BCUT2D eigenvalue weighted by atomic mass is 9.54. The molecule has 0 saturated heterocycles. The predicted octanol–water partition coefficient (Wildman–Crippen LogP) is 7.73. The predicted molar refractivity (Wildman–Crippen MR) is 138 cm³/mol. The lowest BCUT2D eigenvalue weighted by Crippen LogP contribution is -2.54. The number of hydrogen-bond acceptors (Lipinski definition) is 3. The summed E-state index contributed by atoms with van der Waals surface area (Å²) in [6.07, 6.45) is 16.4. The maximum atomic E-state index is 6.95. The van der Waals surface area contributed by atoms with Gasteiger partial charge in [-0.2, -0.15) is 0 Å². The molecule has 0 radical (unpaired) electrons. The first-order valence-electron chi connectivity index (χ1n) is 15.1. The van der Waals surface area contributed by atoms with Crippen molar-refractivity contribution < 1.29 is 14.2 Å². The van der Waals surface area contributed by atoms with E-state index in [1.807, 2.05) is 0 Å². The van der Waals surface area contributed by atoms with Gasteiger partial charge >= 0.3 is 0 Å². The van der Waals surface area contributed by atoms with Crippen molar-refractivity contribution in [3.8, 4) is 5.75 Å². The van der Waals surface area contributed by atoms with Crippen molar-refractivity contribution in [1.29, 1.82) is 0 Å². The Labute approximate surface area is 212 Å². The summed E-state index contributed by atoms with van der Waals surface area (Å²) in [4.78, 5) is 0. The van der Waals surface area contributed by atoms with Gasteiger partial charge in [0.15, 0.2) is 0 Å². The summed E-state index contributed by atoms with van der Waals surface area (Å²) in [5.41, 5.74) is 1.49. The molecule has 3 nitrogen and oxygen atoms in total. The lowest BCUT2D eigenvalue weighted by Gasteiger charge is -2.56. The summed E-state index contributed by atoms with van der Waals surface area (Å²) < 4.78 is 20.5. The Kier molecular flexibility index (Phi) is 5.97. The standard InChI is InChI=1S/C32H46O3/c1-3-20(2)26-4-6-29(7-5-26)34-30(35-31-27-12-21-8-22(14-27)15-28(31)13-21)19-33-32-16-23-9-24(17-32)11-25(10-23)18-32/h4-7,20-25,27-28,30-31H,3,8-19H2,1-2H3. The van der Waals surface area contributed by atoms with Gasteiger partial charge in [-0.1, -0.05) is 26.0 Å². The Bertz CT molecular complexity index is 827. The Morgan fingerprint density at radius 3 is 1.86 bits per heavy atom. The van der Waals surface area contributed by atoms with Crippen LogP contribution < -0.4 is 4.74 Å². The minimum absolute atomic E-state index is 0.101. The van der Waals surface area contributed by atoms with Crippen LogP contribution in [0.25, 0.3) is 0 Å². The van der Waals surface area contributed by atoms with E-state index in [0.717, 1.165) is 53.6 Å². The number of hydrogen-bond donors (Lipinski definition) is 0. The molecule has 2 atom stereocenters. The van der Waals surface area contributed by atoms with E-state index in [1.165, 1.54) is 76.2 Å². The van der Waals surface area contributed by atoms with Crippen LogP contribution in [0.3, 0.4) is 0 Å². The van der Waals surface area contributed by atoms with Crippen molar-refractivity contribution in [2.75, 3.05) is 6.61 Å². The van der Waals surface area contributed by atoms with Crippen LogP contribution >= 0.6 is 0 Å². The molecule has 0 heterocycles. The molecule has 3 heteroatoms. The van der Waals surface area contributed by atoms with Crippen LogP contribution in [0.4, 0.5) is 0 Å². The zero-order valence-electron chi connectivity index (χ0n) is 22.0. The quantitative estimate of drug-likeness (QED) is 0.340. The summed E-state index contributed by atoms with van der Waals surface area (Å²) in [6.45, 7) is 5.14. The van der Waals surface area contributed by atoms with Crippen LogP contribution in [-0.4, -0.2) is 24.6 Å². The summed E-state index contributed by atoms with van der Waals surface area (Å²) >= 11 is 0. The number of rotatable bonds is 9. The van der Waals surface area contributed by atoms with E-state index in [4.69, 9.17) is 14.2 Å². The highest BCUT2D eigenvalue weighted by molar-refractivity contribution is 5.29. The van der Waals surface area contributed by atoms with Crippen molar-refractivity contribution in [3.63, 3.8) is 0 Å². The van der Waals surface area contributed by atoms with Gasteiger partial charge in [-0.3, -0.25) is 0 Å². The second-order valence-electron chi connectivity index (χ2n) is 13.9. The van der Waals surface area contributed by atoms with Gasteiger partial charge in [0.1, 0.15) is 12.4 Å². The van der Waals surface area contributed by atoms with Crippen LogP contribution in [0.2, 0.25) is 0 Å². The van der Waals surface area contributed by atoms with Crippen molar-refractivity contribution in [3.05, 3.63) is 29.8 Å². The minimum Gasteiger partial charge on any atom is -0.462 e. The Morgan fingerprint density at radius 2 is 1.31 bits per heavy atom. The normalized spacial score (nSPS) is 44.5. The molecule has 0 amide bonds. The van der Waals surface area contributed by atoms with E-state index < -0.39 is 0 Å². The first-order chi connectivity index (χ1) is 17.0. The van der Waals surface area contributed by atoms with Crippen molar-refractivity contribution in [2.24, 2.45) is 41.4 Å². The van der Waals surface area contributed by atoms with E-state index in [0.29, 0.717) is 18.6 Å². The van der Waals surface area contributed by atoms with Gasteiger partial charge < -0.3 is 14.2 Å². The first-order valence-corrected chi connectivity index (χ1v) is 15.1. The molecule has 8 saturated carbocycles. The third-order valence-corrected chi connectivity index (χ3v) is 11.3. The van der Waals surface area contributed by atoms with E-state index in [1.54, 1.807) is 0 Å². The minimum atomic E-state index is -0.292. The fourth-order valence-corrected chi connectivity index (χ4v) is 10.1. The Morgan fingerprint density at radius 1 is 0.771 bits per heavy atom. The van der Waals surface area contributed by atoms with Crippen molar-refractivity contribution in [2.45, 2.75) is 115 Å².